The van der Waals surface area contributed by atoms with Gasteiger partial charge in [-0.05, 0) is 0 Å². The van der Waals surface area contributed by atoms with E-state index in [-0.39, 0.29) is 12.4 Å². The third-order valence-electron chi connectivity index (χ3n) is 0.915. The van der Waals surface area contributed by atoms with Gasteiger partial charge in [0, 0.05) is 12.1 Å². The van der Waals surface area contributed by atoms with Crippen LogP contribution in [-0.4, -0.2) is 0 Å². The van der Waals surface area contributed by atoms with E-state index in [4.69, 9.17) is 11.6 Å². The van der Waals surface area contributed by atoms with Crippen LogP contribution < -0.4 is 4.57 Å². The third kappa shape index (κ3) is 2.68. The quantitative estimate of drug-likeness (QED) is 0.439. The molecule has 0 bridgehead atoms. The molecule has 0 N–H and O–H groups in total. The highest BCUT2D eigenvalue weighted by Crippen LogP contribution is 1.77. The van der Waals surface area contributed by atoms with E-state index < -0.39 is 0 Å². The summed E-state index contributed by atoms with van der Waals surface area (Å²) in [6.07, 6.45) is 3.85. The molecular formula is C6H8Cl2N+. The second-order valence-corrected chi connectivity index (χ2v) is 1.75. The van der Waals surface area contributed by atoms with Crippen LogP contribution in [0.2, 0.25) is 0 Å². The molecule has 50 valence electrons. The van der Waals surface area contributed by atoms with E-state index >= 15 is 0 Å². The zero-order valence-corrected chi connectivity index (χ0v) is 6.40. The summed E-state index contributed by atoms with van der Waals surface area (Å²) in [5, 5.41) is 0. The van der Waals surface area contributed by atoms with Crippen molar-refractivity contribution in [3.8, 4) is 0 Å². The molecule has 1 heterocycles. The summed E-state index contributed by atoms with van der Waals surface area (Å²) in [5.41, 5.74) is 0. The second-order valence-electron chi connectivity index (χ2n) is 1.51. The fourth-order valence-electron chi connectivity index (χ4n) is 0.514. The number of aromatic nitrogens is 1. The van der Waals surface area contributed by atoms with Gasteiger partial charge in [-0.3, -0.25) is 0 Å². The SMILES string of the molecule is Cl.ClC[n+]1ccccc1. The van der Waals surface area contributed by atoms with Crippen molar-refractivity contribution >= 4 is 24.0 Å². The number of nitrogens with zero attached hydrogens (tertiary/aromatic N) is 1. The highest BCUT2D eigenvalue weighted by molar-refractivity contribution is 6.14. The number of pyridine rings is 1. The van der Waals surface area contributed by atoms with Gasteiger partial charge in [-0.2, -0.15) is 4.57 Å². The normalized spacial score (nSPS) is 8.11. The predicted octanol–water partition coefficient (Wildman–Crippen LogP) is 1.59. The van der Waals surface area contributed by atoms with Crippen molar-refractivity contribution in [1.29, 1.82) is 0 Å². The number of hydrogen-bond donors (Lipinski definition) is 0. The summed E-state index contributed by atoms with van der Waals surface area (Å²) < 4.78 is 1.89. The first-order valence-corrected chi connectivity index (χ1v) is 2.97. The molecule has 0 aliphatic rings. The average Bonchev–Trinajstić information content (AvgIpc) is 1.90. The summed E-state index contributed by atoms with van der Waals surface area (Å²) in [5.74, 6) is 0. The molecule has 1 aromatic heterocycles. The summed E-state index contributed by atoms with van der Waals surface area (Å²) >= 11 is 5.49. The van der Waals surface area contributed by atoms with Gasteiger partial charge in [0.05, 0.1) is 0 Å². The van der Waals surface area contributed by atoms with Crippen LogP contribution in [0.3, 0.4) is 0 Å². The Bertz CT molecular complexity index is 152. The number of alkyl halides is 1. The zero-order valence-electron chi connectivity index (χ0n) is 4.83. The van der Waals surface area contributed by atoms with Crippen LogP contribution in [0.4, 0.5) is 0 Å². The van der Waals surface area contributed by atoms with E-state index in [0.29, 0.717) is 6.00 Å². The van der Waals surface area contributed by atoms with Gasteiger partial charge in [-0.25, -0.2) is 0 Å². The summed E-state index contributed by atoms with van der Waals surface area (Å²) in [4.78, 5) is 0. The number of hydrogen-bond acceptors (Lipinski definition) is 0. The van der Waals surface area contributed by atoms with Crippen molar-refractivity contribution in [3.63, 3.8) is 0 Å². The molecule has 9 heavy (non-hydrogen) atoms. The van der Waals surface area contributed by atoms with Gasteiger partial charge in [0.2, 0.25) is 6.00 Å². The van der Waals surface area contributed by atoms with Crippen molar-refractivity contribution in [2.45, 2.75) is 6.00 Å². The Labute approximate surface area is 65.7 Å². The lowest BCUT2D eigenvalue weighted by atomic mass is 10.5. The summed E-state index contributed by atoms with van der Waals surface area (Å²) in [6, 6.07) is 6.38. The lowest BCUT2D eigenvalue weighted by Crippen LogP contribution is -2.28. The molecule has 0 fully saturated rings. The minimum absolute atomic E-state index is 0. The van der Waals surface area contributed by atoms with Crippen LogP contribution in [0.15, 0.2) is 30.6 Å². The van der Waals surface area contributed by atoms with Crippen LogP contribution in [0.5, 0.6) is 0 Å². The standard InChI is InChI=1S/C6H7ClN.ClH/c7-6-8-4-2-1-3-5-8;/h1-5H,6H2;1H/q+1;. The van der Waals surface area contributed by atoms with E-state index in [0.717, 1.165) is 0 Å². The Morgan fingerprint density at radius 1 is 1.11 bits per heavy atom. The topological polar surface area (TPSA) is 3.88 Å². The molecular weight excluding hydrogens is 157 g/mol. The van der Waals surface area contributed by atoms with E-state index in [1.54, 1.807) is 0 Å². The molecule has 0 atom stereocenters. The van der Waals surface area contributed by atoms with E-state index in [1.165, 1.54) is 0 Å². The van der Waals surface area contributed by atoms with Gasteiger partial charge in [0.25, 0.3) is 0 Å². The molecule has 1 aromatic rings. The number of rotatable bonds is 1. The van der Waals surface area contributed by atoms with Crippen LogP contribution in [0.25, 0.3) is 0 Å². The van der Waals surface area contributed by atoms with Crippen molar-refractivity contribution in [2.75, 3.05) is 0 Å². The first-order valence-electron chi connectivity index (χ1n) is 2.43. The Kier molecular flexibility index (Phi) is 4.46. The van der Waals surface area contributed by atoms with Crippen molar-refractivity contribution in [1.82, 2.24) is 0 Å². The van der Waals surface area contributed by atoms with E-state index in [2.05, 4.69) is 0 Å². The Morgan fingerprint density at radius 3 is 2.00 bits per heavy atom. The Balaban J connectivity index is 0.000000640. The molecule has 0 saturated heterocycles. The number of halogens is 2. The molecule has 0 aromatic carbocycles. The molecule has 0 aliphatic carbocycles. The molecule has 0 aliphatic heterocycles. The van der Waals surface area contributed by atoms with Gasteiger partial charge in [-0.15, -0.1) is 12.4 Å². The fraction of sp³-hybridized carbons (Fsp3) is 0.167. The van der Waals surface area contributed by atoms with Gasteiger partial charge in [0.15, 0.2) is 12.4 Å². The van der Waals surface area contributed by atoms with Crippen LogP contribution in [0, 0.1) is 0 Å². The molecule has 0 spiro atoms. The van der Waals surface area contributed by atoms with Crippen molar-refractivity contribution < 1.29 is 4.57 Å². The van der Waals surface area contributed by atoms with Crippen LogP contribution >= 0.6 is 24.0 Å². The molecule has 0 unspecified atom stereocenters. The first kappa shape index (κ1) is 8.73. The largest absolute Gasteiger partial charge is 0.222 e. The lowest BCUT2D eigenvalue weighted by Gasteiger charge is -1.83. The predicted molar refractivity (Wildman–Crippen MR) is 39.7 cm³/mol. The smallest absolute Gasteiger partial charge is 0.191 e. The molecule has 0 saturated carbocycles. The maximum absolute atomic E-state index is 5.49. The minimum Gasteiger partial charge on any atom is -0.191 e. The molecule has 0 amide bonds. The van der Waals surface area contributed by atoms with Gasteiger partial charge < -0.3 is 0 Å². The van der Waals surface area contributed by atoms with Gasteiger partial charge >= 0.3 is 0 Å². The third-order valence-corrected chi connectivity index (χ3v) is 1.19. The van der Waals surface area contributed by atoms with Crippen LogP contribution in [-0.2, 0) is 6.00 Å². The summed E-state index contributed by atoms with van der Waals surface area (Å²) in [7, 11) is 0. The molecule has 3 heteroatoms. The summed E-state index contributed by atoms with van der Waals surface area (Å²) in [6.45, 7) is 0. The van der Waals surface area contributed by atoms with E-state index in [9.17, 15) is 0 Å². The maximum Gasteiger partial charge on any atom is 0.222 e. The zero-order chi connectivity index (χ0) is 5.82. The fourth-order valence-corrected chi connectivity index (χ4v) is 0.673. The average molecular weight is 165 g/mol. The van der Waals surface area contributed by atoms with Crippen molar-refractivity contribution in [2.24, 2.45) is 0 Å². The monoisotopic (exact) mass is 164 g/mol. The molecule has 0 radical (unpaired) electrons. The first-order chi connectivity index (χ1) is 3.93. The molecule has 1 nitrogen and oxygen atoms in total. The second kappa shape index (κ2) is 4.59. The highest BCUT2D eigenvalue weighted by Gasteiger charge is 1.88. The van der Waals surface area contributed by atoms with Crippen LogP contribution in [0.1, 0.15) is 0 Å². The molecule has 1 rings (SSSR count). The Morgan fingerprint density at radius 2 is 1.67 bits per heavy atom. The lowest BCUT2D eigenvalue weighted by molar-refractivity contribution is -0.678. The highest BCUT2D eigenvalue weighted by atomic mass is 35.5. The van der Waals surface area contributed by atoms with Gasteiger partial charge in [-0.1, -0.05) is 17.7 Å². The van der Waals surface area contributed by atoms with Gasteiger partial charge in [0.1, 0.15) is 0 Å². The minimum atomic E-state index is 0. The maximum atomic E-state index is 5.49. The Hall–Kier alpha value is -0.270. The van der Waals surface area contributed by atoms with Crippen molar-refractivity contribution in [3.05, 3.63) is 30.6 Å². The van der Waals surface area contributed by atoms with E-state index in [1.807, 2.05) is 35.2 Å².